The first-order chi connectivity index (χ1) is 6.59. The third-order valence-corrected chi connectivity index (χ3v) is 2.12. The van der Waals surface area contributed by atoms with Crippen LogP contribution in [0.1, 0.15) is 6.42 Å². The van der Waals surface area contributed by atoms with E-state index in [1.165, 1.54) is 18.2 Å². The second-order valence-electron chi connectivity index (χ2n) is 2.57. The molecule has 0 spiro atoms. The third kappa shape index (κ3) is 3.33. The number of benzene rings is 1. The molecule has 76 valence electrons. The van der Waals surface area contributed by atoms with E-state index in [-0.39, 0.29) is 13.0 Å². The Morgan fingerprint density at radius 1 is 1.57 bits per heavy atom. The van der Waals surface area contributed by atoms with E-state index < -0.39 is 11.8 Å². The fourth-order valence-corrected chi connectivity index (χ4v) is 1.20. The lowest BCUT2D eigenvalue weighted by atomic mass is 10.3. The molecule has 3 nitrogen and oxygen atoms in total. The summed E-state index contributed by atoms with van der Waals surface area (Å²) in [5.74, 6) is -1.05. The normalized spacial score (nSPS) is 9.86. The van der Waals surface area contributed by atoms with E-state index in [1.807, 2.05) is 0 Å². The molecule has 0 aliphatic heterocycles. The zero-order chi connectivity index (χ0) is 10.6. The van der Waals surface area contributed by atoms with Crippen LogP contribution in [-0.2, 0) is 4.79 Å². The summed E-state index contributed by atoms with van der Waals surface area (Å²) in [6.45, 7) is 0.0252. The van der Waals surface area contributed by atoms with Gasteiger partial charge in [-0.3, -0.25) is 4.79 Å². The van der Waals surface area contributed by atoms with Crippen LogP contribution in [0.3, 0.4) is 0 Å². The number of aliphatic carboxylic acids is 1. The van der Waals surface area contributed by atoms with Crippen molar-refractivity contribution in [2.24, 2.45) is 0 Å². The van der Waals surface area contributed by atoms with E-state index in [0.29, 0.717) is 10.2 Å². The Labute approximate surface area is 88.6 Å². The van der Waals surface area contributed by atoms with Gasteiger partial charge < -0.3 is 9.84 Å². The summed E-state index contributed by atoms with van der Waals surface area (Å²) in [7, 11) is 0. The summed E-state index contributed by atoms with van der Waals surface area (Å²) in [6, 6.07) is 3.99. The zero-order valence-corrected chi connectivity index (χ0v) is 8.75. The fourth-order valence-electron chi connectivity index (χ4n) is 0.836. The standard InChI is InChI=1S/C9H8BrFO3/c10-7-2-1-6(11)5-8(7)14-4-3-9(12)13/h1-2,5H,3-4H2,(H,12,13). The lowest BCUT2D eigenvalue weighted by Crippen LogP contribution is -2.05. The van der Waals surface area contributed by atoms with Crippen molar-refractivity contribution in [3.05, 3.63) is 28.5 Å². The van der Waals surface area contributed by atoms with Crippen molar-refractivity contribution in [2.45, 2.75) is 6.42 Å². The number of carboxylic acids is 1. The van der Waals surface area contributed by atoms with Crippen LogP contribution in [0, 0.1) is 5.82 Å². The molecule has 0 unspecified atom stereocenters. The molecule has 0 aliphatic rings. The Balaban J connectivity index is 2.57. The van der Waals surface area contributed by atoms with E-state index in [2.05, 4.69) is 15.9 Å². The van der Waals surface area contributed by atoms with Gasteiger partial charge in [0.05, 0.1) is 17.5 Å². The summed E-state index contributed by atoms with van der Waals surface area (Å²) in [5.41, 5.74) is 0. The van der Waals surface area contributed by atoms with Gasteiger partial charge in [-0.25, -0.2) is 4.39 Å². The SMILES string of the molecule is O=C(O)CCOc1cc(F)ccc1Br. The van der Waals surface area contributed by atoms with Gasteiger partial charge in [-0.1, -0.05) is 0 Å². The Kier molecular flexibility index (Phi) is 3.88. The van der Waals surface area contributed by atoms with Crippen LogP contribution in [0.4, 0.5) is 4.39 Å². The molecule has 1 rings (SSSR count). The van der Waals surface area contributed by atoms with Gasteiger partial charge in [0, 0.05) is 6.07 Å². The minimum Gasteiger partial charge on any atom is -0.492 e. The van der Waals surface area contributed by atoms with Gasteiger partial charge in [-0.2, -0.15) is 0 Å². The number of carbonyl (C=O) groups is 1. The molecule has 1 aromatic rings. The van der Waals surface area contributed by atoms with Crippen molar-refractivity contribution < 1.29 is 19.0 Å². The van der Waals surface area contributed by atoms with Crippen LogP contribution >= 0.6 is 15.9 Å². The van der Waals surface area contributed by atoms with Crippen molar-refractivity contribution in [1.29, 1.82) is 0 Å². The van der Waals surface area contributed by atoms with Crippen LogP contribution in [0.5, 0.6) is 5.75 Å². The number of carboxylic acid groups (broad SMARTS) is 1. The number of rotatable bonds is 4. The van der Waals surface area contributed by atoms with Crippen molar-refractivity contribution in [1.82, 2.24) is 0 Å². The molecular weight excluding hydrogens is 255 g/mol. The Bertz CT molecular complexity index is 341. The molecule has 0 atom stereocenters. The predicted molar refractivity (Wildman–Crippen MR) is 51.8 cm³/mol. The predicted octanol–water partition coefficient (Wildman–Crippen LogP) is 2.44. The summed E-state index contributed by atoms with van der Waals surface area (Å²) >= 11 is 3.16. The zero-order valence-electron chi connectivity index (χ0n) is 7.17. The Morgan fingerprint density at radius 2 is 2.29 bits per heavy atom. The van der Waals surface area contributed by atoms with E-state index in [1.54, 1.807) is 0 Å². The Morgan fingerprint density at radius 3 is 2.93 bits per heavy atom. The molecule has 0 radical (unpaired) electrons. The highest BCUT2D eigenvalue weighted by atomic mass is 79.9. The van der Waals surface area contributed by atoms with Gasteiger partial charge in [0.2, 0.25) is 0 Å². The molecule has 0 aliphatic carbocycles. The molecule has 14 heavy (non-hydrogen) atoms. The van der Waals surface area contributed by atoms with Gasteiger partial charge in [0.1, 0.15) is 11.6 Å². The van der Waals surface area contributed by atoms with Crippen molar-refractivity contribution in [2.75, 3.05) is 6.61 Å². The maximum absolute atomic E-state index is 12.7. The fraction of sp³-hybridized carbons (Fsp3) is 0.222. The molecule has 0 amide bonds. The van der Waals surface area contributed by atoms with Gasteiger partial charge in [0.25, 0.3) is 0 Å². The average molecular weight is 263 g/mol. The topological polar surface area (TPSA) is 46.5 Å². The minimum absolute atomic E-state index is 0.0252. The monoisotopic (exact) mass is 262 g/mol. The van der Waals surface area contributed by atoms with Crippen LogP contribution in [0.25, 0.3) is 0 Å². The molecule has 0 saturated heterocycles. The van der Waals surface area contributed by atoms with E-state index in [4.69, 9.17) is 9.84 Å². The lowest BCUT2D eigenvalue weighted by molar-refractivity contribution is -0.137. The van der Waals surface area contributed by atoms with E-state index in [0.717, 1.165) is 0 Å². The highest BCUT2D eigenvalue weighted by molar-refractivity contribution is 9.10. The number of halogens is 2. The second kappa shape index (κ2) is 4.95. The molecule has 1 aromatic carbocycles. The van der Waals surface area contributed by atoms with Crippen molar-refractivity contribution in [3.8, 4) is 5.75 Å². The minimum atomic E-state index is -0.947. The van der Waals surface area contributed by atoms with Crippen LogP contribution in [0.15, 0.2) is 22.7 Å². The lowest BCUT2D eigenvalue weighted by Gasteiger charge is -2.06. The molecule has 0 aromatic heterocycles. The highest BCUT2D eigenvalue weighted by Gasteiger charge is 2.03. The third-order valence-electron chi connectivity index (χ3n) is 1.47. The van der Waals surface area contributed by atoms with Crippen LogP contribution < -0.4 is 4.74 Å². The molecule has 0 heterocycles. The molecule has 1 N–H and O–H groups in total. The summed E-state index contributed by atoms with van der Waals surface area (Å²) in [6.07, 6.45) is -0.108. The number of ether oxygens (including phenoxy) is 1. The Hall–Kier alpha value is -1.10. The quantitative estimate of drug-likeness (QED) is 0.907. The smallest absolute Gasteiger partial charge is 0.306 e. The number of hydrogen-bond donors (Lipinski definition) is 1. The first kappa shape index (κ1) is 11.0. The maximum atomic E-state index is 12.7. The maximum Gasteiger partial charge on any atom is 0.306 e. The summed E-state index contributed by atoms with van der Waals surface area (Å²) in [4.78, 5) is 10.2. The van der Waals surface area contributed by atoms with Gasteiger partial charge in [0.15, 0.2) is 0 Å². The molecular formula is C9H8BrFO3. The van der Waals surface area contributed by atoms with Gasteiger partial charge in [-0.15, -0.1) is 0 Å². The van der Waals surface area contributed by atoms with Crippen LogP contribution in [-0.4, -0.2) is 17.7 Å². The molecule has 0 saturated carbocycles. The first-order valence-corrected chi connectivity index (χ1v) is 4.68. The summed E-state index contributed by atoms with van der Waals surface area (Å²) < 4.78 is 18.4. The van der Waals surface area contributed by atoms with Crippen LogP contribution in [0.2, 0.25) is 0 Å². The largest absolute Gasteiger partial charge is 0.492 e. The summed E-state index contributed by atoms with van der Waals surface area (Å²) in [5, 5.41) is 8.35. The van der Waals surface area contributed by atoms with Crippen molar-refractivity contribution >= 4 is 21.9 Å². The molecule has 0 bridgehead atoms. The van der Waals surface area contributed by atoms with E-state index >= 15 is 0 Å². The van der Waals surface area contributed by atoms with Gasteiger partial charge >= 0.3 is 5.97 Å². The van der Waals surface area contributed by atoms with Gasteiger partial charge in [-0.05, 0) is 28.1 Å². The number of hydrogen-bond acceptors (Lipinski definition) is 2. The molecule has 5 heteroatoms. The average Bonchev–Trinajstić information content (AvgIpc) is 2.10. The first-order valence-electron chi connectivity index (χ1n) is 3.89. The second-order valence-corrected chi connectivity index (χ2v) is 3.42. The highest BCUT2D eigenvalue weighted by Crippen LogP contribution is 2.25. The van der Waals surface area contributed by atoms with E-state index in [9.17, 15) is 9.18 Å². The molecule has 0 fully saturated rings. The van der Waals surface area contributed by atoms with Crippen molar-refractivity contribution in [3.63, 3.8) is 0 Å².